The van der Waals surface area contributed by atoms with Crippen LogP contribution in [0.25, 0.3) is 10.2 Å². The van der Waals surface area contributed by atoms with Crippen LogP contribution in [0.1, 0.15) is 52.3 Å². The van der Waals surface area contributed by atoms with E-state index >= 15 is 0 Å². The number of aromatic nitrogens is 1. The zero-order valence-electron chi connectivity index (χ0n) is 22.5. The monoisotopic (exact) mass is 559 g/mol. The summed E-state index contributed by atoms with van der Waals surface area (Å²) in [6.45, 7) is 3.08. The Morgan fingerprint density at radius 3 is 2.79 bits per heavy atom. The highest BCUT2D eigenvalue weighted by Crippen LogP contribution is 2.33. The smallest absolute Gasteiger partial charge is 0.251 e. The van der Waals surface area contributed by atoms with Gasteiger partial charge in [-0.05, 0) is 78.9 Å². The van der Waals surface area contributed by atoms with Gasteiger partial charge in [-0.25, -0.2) is 9.71 Å². The first-order valence-electron chi connectivity index (χ1n) is 12.9. The fraction of sp³-hybridized carbons (Fsp3) is 0.290. The van der Waals surface area contributed by atoms with Crippen molar-refractivity contribution in [3.05, 3.63) is 88.4 Å². The van der Waals surface area contributed by atoms with Crippen molar-refractivity contribution >= 4 is 39.4 Å². The Morgan fingerprint density at radius 2 is 1.97 bits per heavy atom. The molecule has 4 aromatic rings. The number of nitrogens with zero attached hydrogens (tertiary/aromatic N) is 1. The lowest BCUT2D eigenvalue weighted by Crippen LogP contribution is -2.26. The third kappa shape index (κ3) is 8.32. The van der Waals surface area contributed by atoms with Crippen LogP contribution < -0.4 is 14.8 Å². The molecule has 0 aliphatic rings. The molecule has 0 aliphatic heterocycles. The Labute approximate surface area is 238 Å². The van der Waals surface area contributed by atoms with Gasteiger partial charge in [0.2, 0.25) is 0 Å². The molecule has 4 rings (SSSR count). The van der Waals surface area contributed by atoms with Gasteiger partial charge in [-0.3, -0.25) is 4.79 Å². The largest absolute Gasteiger partial charge is 0.497 e. The molecule has 0 saturated carbocycles. The molecule has 1 aromatic heterocycles. The SMILES string of the molecule is CCCC#Cc1cccc(CC(NSc2cccc(C(=O)NCCOC)c2)c2nc3ccc(OC)cc3s2)c1. The van der Waals surface area contributed by atoms with Gasteiger partial charge in [-0.15, -0.1) is 11.3 Å². The molecule has 0 bridgehead atoms. The van der Waals surface area contributed by atoms with Crippen LogP contribution in [-0.4, -0.2) is 38.3 Å². The molecular formula is C31H33N3O3S2. The van der Waals surface area contributed by atoms with Crippen molar-refractivity contribution < 1.29 is 14.3 Å². The molecular weight excluding hydrogens is 526 g/mol. The summed E-state index contributed by atoms with van der Waals surface area (Å²) in [4.78, 5) is 18.4. The lowest BCUT2D eigenvalue weighted by atomic mass is 10.0. The van der Waals surface area contributed by atoms with E-state index in [4.69, 9.17) is 14.5 Å². The zero-order valence-corrected chi connectivity index (χ0v) is 24.1. The summed E-state index contributed by atoms with van der Waals surface area (Å²) in [6.07, 6.45) is 2.68. The summed E-state index contributed by atoms with van der Waals surface area (Å²) in [6, 6.07) is 21.9. The summed E-state index contributed by atoms with van der Waals surface area (Å²) in [5.41, 5.74) is 3.76. The number of nitrogens with one attached hydrogen (secondary N) is 2. The number of thiazole rings is 1. The molecule has 3 aromatic carbocycles. The van der Waals surface area contributed by atoms with Crippen LogP contribution in [0.4, 0.5) is 0 Å². The number of benzene rings is 3. The third-order valence-electron chi connectivity index (χ3n) is 5.89. The number of hydrogen-bond acceptors (Lipinski definition) is 7. The van der Waals surface area contributed by atoms with E-state index in [9.17, 15) is 4.79 Å². The summed E-state index contributed by atoms with van der Waals surface area (Å²) < 4.78 is 15.1. The van der Waals surface area contributed by atoms with E-state index < -0.39 is 0 Å². The molecule has 0 aliphatic carbocycles. The number of methoxy groups -OCH3 is 2. The molecule has 202 valence electrons. The summed E-state index contributed by atoms with van der Waals surface area (Å²) in [5, 5.41) is 3.86. The number of hydrogen-bond donors (Lipinski definition) is 2. The van der Waals surface area contributed by atoms with E-state index in [2.05, 4.69) is 53.1 Å². The van der Waals surface area contributed by atoms with E-state index in [1.165, 1.54) is 17.5 Å². The molecule has 8 heteroatoms. The summed E-state index contributed by atoms with van der Waals surface area (Å²) >= 11 is 3.16. The van der Waals surface area contributed by atoms with E-state index in [0.717, 1.165) is 50.7 Å². The lowest BCUT2D eigenvalue weighted by Gasteiger charge is -2.16. The first-order valence-corrected chi connectivity index (χ1v) is 14.5. The van der Waals surface area contributed by atoms with Crippen LogP contribution in [0, 0.1) is 11.8 Å². The van der Waals surface area contributed by atoms with Crippen molar-refractivity contribution in [2.75, 3.05) is 27.4 Å². The average molecular weight is 560 g/mol. The molecule has 39 heavy (non-hydrogen) atoms. The molecule has 1 amide bonds. The number of carbonyl (C=O) groups excluding carboxylic acids is 1. The maximum absolute atomic E-state index is 12.5. The standard InChI is InChI=1S/C31H33N3O3S2/c1-4-5-6-9-22-10-7-11-23(18-22)19-28(31-33-27-15-14-25(37-3)21-29(27)38-31)34-39-26-13-8-12-24(20-26)30(35)32-16-17-36-2/h7-8,10-15,18,20-21,28,34H,4-5,16-17,19H2,1-3H3,(H,32,35). The van der Waals surface area contributed by atoms with Crippen molar-refractivity contribution in [2.24, 2.45) is 0 Å². The molecule has 0 spiro atoms. The van der Waals surface area contributed by atoms with Gasteiger partial charge in [-0.2, -0.15) is 0 Å². The second-order valence-corrected chi connectivity index (χ2v) is 10.9. The lowest BCUT2D eigenvalue weighted by molar-refractivity contribution is 0.0937. The van der Waals surface area contributed by atoms with Gasteiger partial charge >= 0.3 is 0 Å². The summed E-state index contributed by atoms with van der Waals surface area (Å²) in [7, 11) is 3.29. The van der Waals surface area contributed by atoms with Crippen LogP contribution >= 0.6 is 23.3 Å². The highest BCUT2D eigenvalue weighted by Gasteiger charge is 2.19. The number of ether oxygens (including phenoxy) is 2. The van der Waals surface area contributed by atoms with Crippen LogP contribution in [0.2, 0.25) is 0 Å². The van der Waals surface area contributed by atoms with E-state index in [0.29, 0.717) is 18.7 Å². The Bertz CT molecular complexity index is 1460. The molecule has 1 atom stereocenters. The Balaban J connectivity index is 1.56. The topological polar surface area (TPSA) is 72.5 Å². The molecule has 6 nitrogen and oxygen atoms in total. The Hall–Kier alpha value is -3.35. The Kier molecular flexibility index (Phi) is 10.8. The first kappa shape index (κ1) is 28.7. The normalized spacial score (nSPS) is 11.6. The minimum Gasteiger partial charge on any atom is -0.497 e. The quantitative estimate of drug-likeness (QED) is 0.119. The number of carbonyl (C=O) groups is 1. The molecule has 0 radical (unpaired) electrons. The van der Waals surface area contributed by atoms with E-state index in [-0.39, 0.29) is 11.9 Å². The molecule has 1 heterocycles. The van der Waals surface area contributed by atoms with E-state index in [1.54, 1.807) is 25.6 Å². The number of fused-ring (bicyclic) bond motifs is 1. The molecule has 0 fully saturated rings. The van der Waals surface area contributed by atoms with Gasteiger partial charge in [0, 0.05) is 36.1 Å². The van der Waals surface area contributed by atoms with Crippen molar-refractivity contribution in [3.63, 3.8) is 0 Å². The fourth-order valence-corrected chi connectivity index (χ4v) is 5.82. The van der Waals surface area contributed by atoms with Crippen molar-refractivity contribution in [2.45, 2.75) is 37.1 Å². The van der Waals surface area contributed by atoms with Crippen LogP contribution in [0.5, 0.6) is 5.75 Å². The summed E-state index contributed by atoms with van der Waals surface area (Å²) in [5.74, 6) is 7.21. The van der Waals surface area contributed by atoms with Gasteiger partial charge < -0.3 is 14.8 Å². The fourth-order valence-electron chi connectivity index (χ4n) is 3.89. The number of rotatable bonds is 12. The second kappa shape index (κ2) is 14.7. The maximum Gasteiger partial charge on any atom is 0.251 e. The minimum absolute atomic E-state index is 0.0589. The number of unbranched alkanes of at least 4 members (excludes halogenated alkanes) is 1. The van der Waals surface area contributed by atoms with Gasteiger partial charge in [-0.1, -0.05) is 37.0 Å². The molecule has 2 N–H and O–H groups in total. The highest BCUT2D eigenvalue weighted by molar-refractivity contribution is 7.97. The van der Waals surface area contributed by atoms with Gasteiger partial charge in [0.25, 0.3) is 5.91 Å². The van der Waals surface area contributed by atoms with Crippen molar-refractivity contribution in [3.8, 4) is 17.6 Å². The van der Waals surface area contributed by atoms with Crippen LogP contribution in [0.3, 0.4) is 0 Å². The molecule has 1 unspecified atom stereocenters. The number of amides is 1. The Morgan fingerprint density at radius 1 is 1.10 bits per heavy atom. The third-order valence-corrected chi connectivity index (χ3v) is 7.92. The minimum atomic E-state index is -0.118. The van der Waals surface area contributed by atoms with Gasteiger partial charge in [0.1, 0.15) is 10.8 Å². The predicted octanol–water partition coefficient (Wildman–Crippen LogP) is 6.41. The van der Waals surface area contributed by atoms with Gasteiger partial charge in [0.05, 0.1) is 30.0 Å². The second-order valence-electron chi connectivity index (χ2n) is 8.89. The van der Waals surface area contributed by atoms with E-state index in [1.807, 2.05) is 42.5 Å². The average Bonchev–Trinajstić information content (AvgIpc) is 3.39. The highest BCUT2D eigenvalue weighted by atomic mass is 32.2. The van der Waals surface area contributed by atoms with Crippen molar-refractivity contribution in [1.29, 1.82) is 0 Å². The zero-order chi connectivity index (χ0) is 27.5. The van der Waals surface area contributed by atoms with Crippen molar-refractivity contribution in [1.82, 2.24) is 15.0 Å². The van der Waals surface area contributed by atoms with Gasteiger partial charge in [0.15, 0.2) is 0 Å². The first-order chi connectivity index (χ1) is 19.1. The van der Waals surface area contributed by atoms with Crippen LogP contribution in [0.15, 0.2) is 71.6 Å². The predicted molar refractivity (Wildman–Crippen MR) is 160 cm³/mol. The van der Waals surface area contributed by atoms with Crippen LogP contribution in [-0.2, 0) is 11.2 Å². The molecule has 0 saturated heterocycles. The maximum atomic E-state index is 12.5.